The monoisotopic (exact) mass is 316 g/mol. The van der Waals surface area contributed by atoms with Gasteiger partial charge in [-0.1, -0.05) is 15.9 Å². The lowest BCUT2D eigenvalue weighted by atomic mass is 10.2. The van der Waals surface area contributed by atoms with Crippen LogP contribution in [0.15, 0.2) is 22.7 Å². The fraction of sp³-hybridized carbons (Fsp3) is 0.200. The number of benzene rings is 1. The van der Waals surface area contributed by atoms with Gasteiger partial charge in [0.2, 0.25) is 5.91 Å². The number of nitrogens with zero attached hydrogens (tertiary/aromatic N) is 1. The largest absolute Gasteiger partial charge is 0.324 e. The average molecular weight is 317 g/mol. The number of carbonyl (C=O) groups is 1. The predicted molar refractivity (Wildman–Crippen MR) is 67.2 cm³/mol. The number of sulfone groups is 1. The van der Waals surface area contributed by atoms with Gasteiger partial charge in [-0.05, 0) is 18.2 Å². The smallest absolute Gasteiger partial charge is 0.239 e. The summed E-state index contributed by atoms with van der Waals surface area (Å²) in [5.41, 5.74) is 0.561. The van der Waals surface area contributed by atoms with Crippen LogP contribution in [0.3, 0.4) is 0 Å². The van der Waals surface area contributed by atoms with Gasteiger partial charge in [0, 0.05) is 10.7 Å². The van der Waals surface area contributed by atoms with E-state index in [-0.39, 0.29) is 5.56 Å². The van der Waals surface area contributed by atoms with Crippen LogP contribution in [0.1, 0.15) is 5.56 Å². The van der Waals surface area contributed by atoms with E-state index >= 15 is 0 Å². The lowest BCUT2D eigenvalue weighted by Crippen LogP contribution is -2.22. The molecular weight excluding hydrogens is 308 g/mol. The molecule has 0 aliphatic rings. The molecule has 5 nitrogen and oxygen atoms in total. The Bertz CT molecular complexity index is 590. The second kappa shape index (κ2) is 5.29. The van der Waals surface area contributed by atoms with Crippen LogP contribution in [0, 0.1) is 11.3 Å². The molecule has 0 radical (unpaired) electrons. The molecule has 0 heterocycles. The molecule has 0 atom stereocenters. The third kappa shape index (κ3) is 4.54. The van der Waals surface area contributed by atoms with Crippen molar-refractivity contribution in [2.75, 3.05) is 17.3 Å². The van der Waals surface area contributed by atoms with E-state index in [1.807, 2.05) is 6.07 Å². The van der Waals surface area contributed by atoms with E-state index in [4.69, 9.17) is 5.26 Å². The van der Waals surface area contributed by atoms with Crippen molar-refractivity contribution in [3.63, 3.8) is 0 Å². The Morgan fingerprint density at radius 2 is 2.18 bits per heavy atom. The number of hydrogen-bond acceptors (Lipinski definition) is 4. The molecule has 90 valence electrons. The van der Waals surface area contributed by atoms with Gasteiger partial charge in [0.15, 0.2) is 9.84 Å². The molecule has 1 aromatic carbocycles. The first-order valence-corrected chi connectivity index (χ1v) is 7.34. The van der Waals surface area contributed by atoms with Crippen molar-refractivity contribution >= 4 is 37.4 Å². The van der Waals surface area contributed by atoms with Crippen molar-refractivity contribution in [2.45, 2.75) is 0 Å². The Labute approximate surface area is 107 Å². The van der Waals surface area contributed by atoms with Crippen LogP contribution in [-0.2, 0) is 14.6 Å². The summed E-state index contributed by atoms with van der Waals surface area (Å²) in [6.07, 6.45) is 0.972. The van der Waals surface area contributed by atoms with Gasteiger partial charge in [0.1, 0.15) is 11.8 Å². The van der Waals surface area contributed by atoms with Crippen molar-refractivity contribution in [1.29, 1.82) is 5.26 Å². The molecule has 1 N–H and O–H groups in total. The van der Waals surface area contributed by atoms with Crippen LogP contribution >= 0.6 is 15.9 Å². The van der Waals surface area contributed by atoms with Gasteiger partial charge in [-0.25, -0.2) is 8.42 Å². The first kappa shape index (κ1) is 13.7. The SMILES string of the molecule is CS(=O)(=O)CC(=O)Nc1ccc(Br)cc1C#N. The zero-order valence-electron chi connectivity index (χ0n) is 8.90. The van der Waals surface area contributed by atoms with Crippen molar-refractivity contribution in [3.05, 3.63) is 28.2 Å². The number of nitrogens with one attached hydrogen (secondary N) is 1. The molecule has 0 saturated heterocycles. The molecule has 0 spiro atoms. The number of hydrogen-bond donors (Lipinski definition) is 1. The van der Waals surface area contributed by atoms with Crippen molar-refractivity contribution in [3.8, 4) is 6.07 Å². The summed E-state index contributed by atoms with van der Waals surface area (Å²) in [5.74, 6) is -1.26. The molecule has 0 aliphatic carbocycles. The number of carbonyl (C=O) groups excluding carboxylic acids is 1. The van der Waals surface area contributed by atoms with Gasteiger partial charge < -0.3 is 5.32 Å². The Balaban J connectivity index is 2.90. The topological polar surface area (TPSA) is 87.0 Å². The van der Waals surface area contributed by atoms with E-state index in [1.54, 1.807) is 6.07 Å². The summed E-state index contributed by atoms with van der Waals surface area (Å²) in [6, 6.07) is 6.63. The summed E-state index contributed by atoms with van der Waals surface area (Å²) < 4.78 is 22.5. The van der Waals surface area contributed by atoms with Crippen LogP contribution in [0.4, 0.5) is 5.69 Å². The van der Waals surface area contributed by atoms with E-state index in [0.29, 0.717) is 10.2 Å². The molecule has 0 unspecified atom stereocenters. The van der Waals surface area contributed by atoms with E-state index in [2.05, 4.69) is 21.2 Å². The highest BCUT2D eigenvalue weighted by Gasteiger charge is 2.12. The van der Waals surface area contributed by atoms with Gasteiger partial charge in [-0.3, -0.25) is 4.79 Å². The van der Waals surface area contributed by atoms with Crippen molar-refractivity contribution in [2.24, 2.45) is 0 Å². The number of rotatable bonds is 3. The number of amides is 1. The Morgan fingerprint density at radius 1 is 1.53 bits per heavy atom. The summed E-state index contributed by atoms with van der Waals surface area (Å²) in [7, 11) is -3.38. The third-order valence-corrected chi connectivity index (χ3v) is 3.05. The standard InChI is InChI=1S/C10H9BrN2O3S/c1-17(15,16)6-10(14)13-9-3-2-8(11)4-7(9)5-12/h2-4H,6H2,1H3,(H,13,14). The molecule has 0 aromatic heterocycles. The molecule has 1 aromatic rings. The third-order valence-electron chi connectivity index (χ3n) is 1.77. The molecule has 0 saturated carbocycles. The highest BCUT2D eigenvalue weighted by molar-refractivity contribution is 9.10. The first-order chi connectivity index (χ1) is 7.81. The average Bonchev–Trinajstić information content (AvgIpc) is 2.17. The Morgan fingerprint density at radius 3 is 2.71 bits per heavy atom. The molecule has 0 bridgehead atoms. The zero-order valence-corrected chi connectivity index (χ0v) is 11.3. The van der Waals surface area contributed by atoms with Crippen LogP contribution in [0.2, 0.25) is 0 Å². The van der Waals surface area contributed by atoms with Gasteiger partial charge >= 0.3 is 0 Å². The Hall–Kier alpha value is -1.39. The van der Waals surface area contributed by atoms with Gasteiger partial charge in [0.05, 0.1) is 11.3 Å². The maximum atomic E-state index is 11.4. The van der Waals surface area contributed by atoms with E-state index in [0.717, 1.165) is 6.26 Å². The highest BCUT2D eigenvalue weighted by atomic mass is 79.9. The summed E-state index contributed by atoms with van der Waals surface area (Å²) >= 11 is 3.19. The van der Waals surface area contributed by atoms with Crippen LogP contribution < -0.4 is 5.32 Å². The molecule has 0 fully saturated rings. The second-order valence-corrected chi connectivity index (χ2v) is 6.48. The lowest BCUT2D eigenvalue weighted by Gasteiger charge is -2.06. The van der Waals surface area contributed by atoms with Crippen LogP contribution in [0.5, 0.6) is 0 Å². The molecule has 1 rings (SSSR count). The number of halogens is 1. The Kier molecular flexibility index (Phi) is 4.26. The van der Waals surface area contributed by atoms with Gasteiger partial charge in [-0.15, -0.1) is 0 Å². The lowest BCUT2D eigenvalue weighted by molar-refractivity contribution is -0.113. The van der Waals surface area contributed by atoms with Crippen molar-refractivity contribution < 1.29 is 13.2 Å². The minimum atomic E-state index is -3.38. The quantitative estimate of drug-likeness (QED) is 0.910. The molecular formula is C10H9BrN2O3S. The second-order valence-electron chi connectivity index (χ2n) is 3.42. The van der Waals surface area contributed by atoms with Crippen molar-refractivity contribution in [1.82, 2.24) is 0 Å². The molecule has 1 amide bonds. The minimum Gasteiger partial charge on any atom is -0.324 e. The number of anilines is 1. The van der Waals surface area contributed by atoms with Gasteiger partial charge in [0.25, 0.3) is 0 Å². The molecule has 7 heteroatoms. The van der Waals surface area contributed by atoms with E-state index in [1.165, 1.54) is 12.1 Å². The number of nitriles is 1. The summed E-state index contributed by atoms with van der Waals surface area (Å²) in [5, 5.41) is 11.2. The highest BCUT2D eigenvalue weighted by Crippen LogP contribution is 2.20. The molecule has 0 aliphatic heterocycles. The minimum absolute atomic E-state index is 0.265. The normalized spacial score (nSPS) is 10.6. The maximum Gasteiger partial charge on any atom is 0.239 e. The molecule has 17 heavy (non-hydrogen) atoms. The summed E-state index contributed by atoms with van der Waals surface area (Å²) in [6.45, 7) is 0. The predicted octanol–water partition coefficient (Wildman–Crippen LogP) is 1.30. The van der Waals surface area contributed by atoms with E-state index < -0.39 is 21.5 Å². The first-order valence-electron chi connectivity index (χ1n) is 4.49. The van der Waals surface area contributed by atoms with Crippen LogP contribution in [0.25, 0.3) is 0 Å². The summed E-state index contributed by atoms with van der Waals surface area (Å²) in [4.78, 5) is 11.4. The fourth-order valence-electron chi connectivity index (χ4n) is 1.14. The van der Waals surface area contributed by atoms with E-state index in [9.17, 15) is 13.2 Å². The zero-order chi connectivity index (χ0) is 13.1. The maximum absolute atomic E-state index is 11.4. The van der Waals surface area contributed by atoms with Gasteiger partial charge in [-0.2, -0.15) is 5.26 Å². The fourth-order valence-corrected chi connectivity index (χ4v) is 2.05. The van der Waals surface area contributed by atoms with Crippen LogP contribution in [-0.4, -0.2) is 26.3 Å².